The van der Waals surface area contributed by atoms with Crippen molar-refractivity contribution in [2.75, 3.05) is 27.9 Å². The fraction of sp³-hybridized carbons (Fsp3) is 0.304. The summed E-state index contributed by atoms with van der Waals surface area (Å²) in [5.74, 6) is -0.190. The molecule has 0 fully saturated rings. The second kappa shape index (κ2) is 7.28. The van der Waals surface area contributed by atoms with Crippen LogP contribution in [0.2, 0.25) is 0 Å². The standard InChI is InChI=1S/C23H22O6/c1-26-18-11-7-10-15-16-12-23(21(24)27-2,22(25)28-3)19(14-8-5-4-6-9-14)17(16)13-29-20(15)18/h4-11,16H,12-13H2,1-3H3. The third-order valence-electron chi connectivity index (χ3n) is 5.79. The average Bonchev–Trinajstić information content (AvgIpc) is 3.14. The summed E-state index contributed by atoms with van der Waals surface area (Å²) in [6.07, 6.45) is 0.218. The van der Waals surface area contributed by atoms with Gasteiger partial charge in [0.1, 0.15) is 6.61 Å². The predicted octanol–water partition coefficient (Wildman–Crippen LogP) is 3.36. The van der Waals surface area contributed by atoms with Crippen LogP contribution < -0.4 is 9.47 Å². The van der Waals surface area contributed by atoms with Crippen LogP contribution in [0.3, 0.4) is 0 Å². The lowest BCUT2D eigenvalue weighted by molar-refractivity contribution is -0.164. The van der Waals surface area contributed by atoms with Crippen LogP contribution in [0.5, 0.6) is 11.5 Å². The first kappa shape index (κ1) is 19.1. The van der Waals surface area contributed by atoms with Gasteiger partial charge in [-0.1, -0.05) is 42.5 Å². The number of fused-ring (bicyclic) bond motifs is 3. The van der Waals surface area contributed by atoms with E-state index in [4.69, 9.17) is 18.9 Å². The number of hydrogen-bond acceptors (Lipinski definition) is 6. The smallest absolute Gasteiger partial charge is 0.327 e. The van der Waals surface area contributed by atoms with E-state index in [0.29, 0.717) is 17.1 Å². The molecule has 1 atom stereocenters. The monoisotopic (exact) mass is 394 g/mol. The topological polar surface area (TPSA) is 71.1 Å². The van der Waals surface area contributed by atoms with Gasteiger partial charge in [0.15, 0.2) is 16.9 Å². The van der Waals surface area contributed by atoms with E-state index in [9.17, 15) is 9.59 Å². The first-order valence-electron chi connectivity index (χ1n) is 9.34. The molecule has 2 aromatic rings. The lowest BCUT2D eigenvalue weighted by Crippen LogP contribution is -2.41. The van der Waals surface area contributed by atoms with E-state index in [2.05, 4.69) is 0 Å². The molecule has 150 valence electrons. The Morgan fingerprint density at radius 3 is 2.28 bits per heavy atom. The van der Waals surface area contributed by atoms with Gasteiger partial charge in [-0.2, -0.15) is 0 Å². The molecular weight excluding hydrogens is 372 g/mol. The third kappa shape index (κ3) is 2.70. The average molecular weight is 394 g/mol. The summed E-state index contributed by atoms with van der Waals surface area (Å²) in [4.78, 5) is 26.2. The van der Waals surface area contributed by atoms with Crippen molar-refractivity contribution < 1.29 is 28.5 Å². The molecule has 6 heteroatoms. The fourth-order valence-electron chi connectivity index (χ4n) is 4.56. The Kier molecular flexibility index (Phi) is 4.78. The van der Waals surface area contributed by atoms with Gasteiger partial charge in [-0.15, -0.1) is 0 Å². The third-order valence-corrected chi connectivity index (χ3v) is 5.79. The van der Waals surface area contributed by atoms with E-state index < -0.39 is 17.4 Å². The summed E-state index contributed by atoms with van der Waals surface area (Å²) in [6, 6.07) is 15.0. The van der Waals surface area contributed by atoms with Gasteiger partial charge < -0.3 is 18.9 Å². The second-order valence-electron chi connectivity index (χ2n) is 7.08. The minimum atomic E-state index is -1.56. The number of benzene rings is 2. The van der Waals surface area contributed by atoms with Gasteiger partial charge in [-0.25, -0.2) is 0 Å². The van der Waals surface area contributed by atoms with Crippen LogP contribution in [0.4, 0.5) is 0 Å². The number of rotatable bonds is 4. The Balaban J connectivity index is 1.99. The largest absolute Gasteiger partial charge is 0.493 e. The molecule has 0 spiro atoms. The highest BCUT2D eigenvalue weighted by atomic mass is 16.5. The highest BCUT2D eigenvalue weighted by Crippen LogP contribution is 2.59. The number of para-hydroxylation sites is 1. The van der Waals surface area contributed by atoms with Crippen LogP contribution in [0.25, 0.3) is 5.57 Å². The Bertz CT molecular complexity index is 976. The van der Waals surface area contributed by atoms with Crippen LogP contribution in [0, 0.1) is 5.41 Å². The summed E-state index contributed by atoms with van der Waals surface area (Å²) in [5, 5.41) is 0. The van der Waals surface area contributed by atoms with Crippen molar-refractivity contribution in [3.8, 4) is 11.5 Å². The zero-order chi connectivity index (χ0) is 20.6. The SMILES string of the molecule is COC(=O)C1(C(=O)OC)CC2C(=C1c1ccccc1)COc1c(OC)cccc12. The number of ether oxygens (including phenoxy) is 4. The van der Waals surface area contributed by atoms with Gasteiger partial charge in [0.25, 0.3) is 0 Å². The number of carbonyl (C=O) groups is 2. The van der Waals surface area contributed by atoms with E-state index >= 15 is 0 Å². The molecule has 1 heterocycles. The molecule has 0 amide bonds. The molecule has 2 aromatic carbocycles. The van der Waals surface area contributed by atoms with E-state index in [1.165, 1.54) is 14.2 Å². The van der Waals surface area contributed by atoms with Crippen LogP contribution >= 0.6 is 0 Å². The minimum absolute atomic E-state index is 0.192. The maximum absolute atomic E-state index is 13.1. The Morgan fingerprint density at radius 1 is 0.966 bits per heavy atom. The molecule has 6 nitrogen and oxygen atoms in total. The summed E-state index contributed by atoms with van der Waals surface area (Å²) in [7, 11) is 4.16. The van der Waals surface area contributed by atoms with Gasteiger partial charge in [0, 0.05) is 11.5 Å². The maximum atomic E-state index is 13.1. The van der Waals surface area contributed by atoms with E-state index in [1.807, 2.05) is 48.5 Å². The molecule has 0 radical (unpaired) electrons. The fourth-order valence-corrected chi connectivity index (χ4v) is 4.56. The molecule has 0 bridgehead atoms. The van der Waals surface area contributed by atoms with Gasteiger partial charge in [-0.05, 0) is 29.2 Å². The highest BCUT2D eigenvalue weighted by Gasteiger charge is 2.60. The van der Waals surface area contributed by atoms with Crippen molar-refractivity contribution in [3.63, 3.8) is 0 Å². The van der Waals surface area contributed by atoms with E-state index in [0.717, 1.165) is 16.7 Å². The Hall–Kier alpha value is -3.28. The molecule has 1 aliphatic carbocycles. The predicted molar refractivity (Wildman–Crippen MR) is 106 cm³/mol. The lowest BCUT2D eigenvalue weighted by Gasteiger charge is -2.28. The van der Waals surface area contributed by atoms with Crippen LogP contribution in [-0.2, 0) is 19.1 Å². The van der Waals surface area contributed by atoms with Crippen molar-refractivity contribution in [1.29, 1.82) is 0 Å². The maximum Gasteiger partial charge on any atom is 0.327 e. The molecular formula is C23H22O6. The first-order chi connectivity index (χ1) is 14.1. The number of esters is 2. The van der Waals surface area contributed by atoms with E-state index in [-0.39, 0.29) is 18.9 Å². The quantitative estimate of drug-likeness (QED) is 0.585. The molecule has 1 unspecified atom stereocenters. The summed E-state index contributed by atoms with van der Waals surface area (Å²) in [6.45, 7) is 0.248. The second-order valence-corrected chi connectivity index (χ2v) is 7.08. The summed E-state index contributed by atoms with van der Waals surface area (Å²) < 4.78 is 21.7. The van der Waals surface area contributed by atoms with Gasteiger partial charge >= 0.3 is 11.9 Å². The number of hydrogen-bond donors (Lipinski definition) is 0. The van der Waals surface area contributed by atoms with Crippen LogP contribution in [0.1, 0.15) is 23.5 Å². The molecule has 1 aliphatic heterocycles. The molecule has 29 heavy (non-hydrogen) atoms. The van der Waals surface area contributed by atoms with Crippen molar-refractivity contribution in [1.82, 2.24) is 0 Å². The molecule has 0 saturated heterocycles. The number of methoxy groups -OCH3 is 3. The molecule has 4 rings (SSSR count). The Labute approximate surface area is 169 Å². The van der Waals surface area contributed by atoms with Crippen molar-refractivity contribution in [2.24, 2.45) is 5.41 Å². The Morgan fingerprint density at radius 2 is 1.66 bits per heavy atom. The number of carbonyl (C=O) groups excluding carboxylic acids is 2. The molecule has 0 N–H and O–H groups in total. The first-order valence-corrected chi connectivity index (χ1v) is 9.34. The zero-order valence-electron chi connectivity index (χ0n) is 16.6. The molecule has 0 aromatic heterocycles. The van der Waals surface area contributed by atoms with Crippen LogP contribution in [-0.4, -0.2) is 39.9 Å². The van der Waals surface area contributed by atoms with Gasteiger partial charge in [0.2, 0.25) is 0 Å². The van der Waals surface area contributed by atoms with Crippen LogP contribution in [0.15, 0.2) is 54.1 Å². The van der Waals surface area contributed by atoms with Crippen molar-refractivity contribution >= 4 is 17.5 Å². The summed E-state index contributed by atoms with van der Waals surface area (Å²) in [5.41, 5.74) is 1.59. The van der Waals surface area contributed by atoms with Crippen molar-refractivity contribution in [3.05, 3.63) is 65.2 Å². The van der Waals surface area contributed by atoms with E-state index in [1.54, 1.807) is 7.11 Å². The normalized spacial score (nSPS) is 18.9. The highest BCUT2D eigenvalue weighted by molar-refractivity contribution is 6.14. The zero-order valence-corrected chi connectivity index (χ0v) is 16.6. The summed E-state index contributed by atoms with van der Waals surface area (Å²) >= 11 is 0. The minimum Gasteiger partial charge on any atom is -0.493 e. The van der Waals surface area contributed by atoms with Crippen molar-refractivity contribution in [2.45, 2.75) is 12.3 Å². The lowest BCUT2D eigenvalue weighted by atomic mass is 9.76. The molecule has 2 aliphatic rings. The van der Waals surface area contributed by atoms with Gasteiger partial charge in [0.05, 0.1) is 21.3 Å². The molecule has 0 saturated carbocycles. The van der Waals surface area contributed by atoms with Gasteiger partial charge in [-0.3, -0.25) is 9.59 Å².